The van der Waals surface area contributed by atoms with Crippen LogP contribution in [0.5, 0.6) is 0 Å². The number of aryl methyl sites for hydroxylation is 6. The van der Waals surface area contributed by atoms with Crippen LogP contribution in [0.15, 0.2) is 199 Å². The number of benzene rings is 6. The van der Waals surface area contributed by atoms with E-state index in [-0.39, 0.29) is 35.1 Å². The number of allylic oxidation sites excluding steroid dienone is 8. The van der Waals surface area contributed by atoms with E-state index in [4.69, 9.17) is 0 Å². The topological polar surface area (TPSA) is 55.8 Å². The Hall–Kier alpha value is -5.64. The maximum Gasteiger partial charge on any atom is 0.278 e. The molecule has 0 N–H and O–H groups in total. The number of anilines is 2. The Balaban J connectivity index is 0.000000258. The summed E-state index contributed by atoms with van der Waals surface area (Å²) in [4.78, 5) is 8.34. The van der Waals surface area contributed by atoms with Gasteiger partial charge in [-0.1, -0.05) is 149 Å². The fourth-order valence-corrected chi connectivity index (χ4v) is 16.4. The highest BCUT2D eigenvalue weighted by Gasteiger charge is 2.30. The van der Waals surface area contributed by atoms with Gasteiger partial charge in [-0.2, -0.15) is 8.90 Å². The molecule has 0 saturated carbocycles. The fraction of sp³-hybridized carbons (Fsp3) is 0.257. The van der Waals surface area contributed by atoms with Gasteiger partial charge in [-0.25, -0.2) is 0 Å². The summed E-state index contributed by atoms with van der Waals surface area (Å²) < 4.78 is 11.3. The van der Waals surface area contributed by atoms with Gasteiger partial charge in [-0.05, 0) is 195 Å². The molecule has 0 spiro atoms. The number of rotatable bonds is 9. The third-order valence-corrected chi connectivity index (χ3v) is 20.1. The lowest BCUT2D eigenvalue weighted by atomic mass is 9.75. The van der Waals surface area contributed by atoms with Crippen molar-refractivity contribution in [1.82, 2.24) is 0 Å². The summed E-state index contributed by atoms with van der Waals surface area (Å²) in [5, 5.41) is 17.8. The lowest BCUT2D eigenvalue weighted by Crippen LogP contribution is -3.00. The second-order valence-corrected chi connectivity index (χ2v) is 27.5. The standard InChI is InChI=1S/C32H31N2S2.C31H33N2S2.C7H8O3S.HI.4H2/c1-21-10-12-27-29(14-21)35-31(33(27)3)19-23-16-24(18-26(17-23)25-8-6-5-7-9-25)20-32-34(4)28-13-11-22(2)15-30(28)36-32;1-7-13-33-26-12-10-22(4)15-28(26)35-30(33)18-24-16-23(19-31(5,6)20-24)17-29-32(8-2)25-11-9-21(3)14-27(25)34-29;1-6-2-4-7(5-3-6)11-10-9-8;;;;;/h5-16,19-20,26H,17-18H2,1-4H3;9-12,14-18H,8,19-20H2,1-6H3;2-5,8H,1H3;5*1H/q2*+1;;;;;;/p-2. The lowest BCUT2D eigenvalue weighted by molar-refractivity contribution is -0.777. The summed E-state index contributed by atoms with van der Waals surface area (Å²) >= 11 is 8.40. The molecule has 0 radical (unpaired) electrons. The maximum atomic E-state index is 9.43. The largest absolute Gasteiger partial charge is 1.00 e. The number of fused-ring (bicyclic) bond motifs is 4. The van der Waals surface area contributed by atoms with Crippen molar-refractivity contribution in [2.75, 3.05) is 23.4 Å². The van der Waals surface area contributed by atoms with Crippen molar-refractivity contribution in [3.05, 3.63) is 227 Å². The van der Waals surface area contributed by atoms with Crippen molar-refractivity contribution in [1.29, 1.82) is 0 Å². The molecule has 7 nitrogen and oxygen atoms in total. The first-order valence-corrected chi connectivity index (χ1v) is 31.9. The maximum absolute atomic E-state index is 9.43. The van der Waals surface area contributed by atoms with E-state index in [9.17, 15) is 5.26 Å². The van der Waals surface area contributed by atoms with Gasteiger partial charge in [0.2, 0.25) is 17.1 Å². The minimum atomic E-state index is 0. The van der Waals surface area contributed by atoms with Crippen LogP contribution in [0.4, 0.5) is 11.4 Å². The Morgan fingerprint density at radius 2 is 1.25 bits per heavy atom. The molecule has 13 heteroatoms. The molecule has 1 atom stereocenters. The highest BCUT2D eigenvalue weighted by atomic mass is 127. The number of hydrogen-bond acceptors (Lipinski definition) is 10. The van der Waals surface area contributed by atoms with Crippen LogP contribution in [0.25, 0.3) is 32.6 Å². The Morgan fingerprint density at radius 1 is 0.675 bits per heavy atom. The Bertz CT molecular complexity index is 3970. The lowest BCUT2D eigenvalue weighted by Gasteiger charge is -2.31. The molecule has 0 saturated heterocycles. The van der Waals surface area contributed by atoms with Crippen LogP contribution in [-0.4, -0.2) is 13.6 Å². The van der Waals surface area contributed by atoms with Gasteiger partial charge in [0.05, 0.1) is 33.5 Å². The van der Waals surface area contributed by atoms with Crippen LogP contribution in [0.1, 0.15) is 108 Å². The average Bonchev–Trinajstić information content (AvgIpc) is 2.27. The van der Waals surface area contributed by atoms with Gasteiger partial charge in [0.15, 0.2) is 0 Å². The predicted octanol–water partition coefficient (Wildman–Crippen LogP) is 15.8. The number of halogens is 1. The number of aromatic nitrogens is 2. The summed E-state index contributed by atoms with van der Waals surface area (Å²) in [6.07, 6.45) is 18.7. The third kappa shape index (κ3) is 15.1. The van der Waals surface area contributed by atoms with E-state index in [1.165, 1.54) is 112 Å². The second-order valence-electron chi connectivity index (χ2n) is 22.4. The van der Waals surface area contributed by atoms with Gasteiger partial charge in [0, 0.05) is 65.2 Å². The van der Waals surface area contributed by atoms with E-state index in [1.54, 1.807) is 0 Å². The minimum absolute atomic E-state index is 0. The first kappa shape index (κ1) is 61.9. The summed E-state index contributed by atoms with van der Waals surface area (Å²) in [6.45, 7) is 20.6. The Kier molecular flexibility index (Phi) is 20.6. The highest BCUT2D eigenvalue weighted by molar-refractivity contribution is 8.04. The molecular formula is C70H79IN4O3S5. The highest BCUT2D eigenvalue weighted by Crippen LogP contribution is 2.49. The molecule has 0 amide bonds. The van der Waals surface area contributed by atoms with Crippen molar-refractivity contribution in [3.8, 4) is 12.0 Å². The van der Waals surface area contributed by atoms with Crippen LogP contribution >= 0.6 is 58.2 Å². The first-order chi connectivity index (χ1) is 39.5. The monoisotopic (exact) mass is 1310 g/mol. The zero-order valence-electron chi connectivity index (χ0n) is 49.1. The van der Waals surface area contributed by atoms with E-state index in [1.807, 2.05) is 84.3 Å². The summed E-state index contributed by atoms with van der Waals surface area (Å²) in [6, 6.07) is 48.8. The molecule has 0 bridgehead atoms. The van der Waals surface area contributed by atoms with Crippen molar-refractivity contribution >= 4 is 102 Å². The van der Waals surface area contributed by atoms with Gasteiger partial charge < -0.3 is 39.0 Å². The molecule has 83 heavy (non-hydrogen) atoms. The van der Waals surface area contributed by atoms with E-state index in [0.717, 1.165) is 54.7 Å². The Labute approximate surface area is 535 Å². The van der Waals surface area contributed by atoms with Crippen LogP contribution < -0.4 is 48.2 Å². The number of thiazole rings is 2. The van der Waals surface area contributed by atoms with E-state index >= 15 is 0 Å². The molecule has 6 aromatic carbocycles. The zero-order chi connectivity index (χ0) is 57.7. The van der Waals surface area contributed by atoms with Gasteiger partial charge in [-0.15, -0.1) is 0 Å². The van der Waals surface area contributed by atoms with Crippen LogP contribution in [0.3, 0.4) is 0 Å². The van der Waals surface area contributed by atoms with Crippen LogP contribution in [-0.2, 0) is 16.4 Å². The molecule has 12 rings (SSSR count). The molecule has 8 aromatic rings. The van der Waals surface area contributed by atoms with Gasteiger partial charge in [-0.3, -0.25) is 5.04 Å². The van der Waals surface area contributed by atoms with Gasteiger partial charge in [0.25, 0.3) is 10.0 Å². The molecule has 1 unspecified atom stereocenters. The van der Waals surface area contributed by atoms with E-state index in [0.29, 0.717) is 5.92 Å². The smallest absolute Gasteiger partial charge is 0.278 e. The van der Waals surface area contributed by atoms with Crippen molar-refractivity contribution in [3.63, 3.8) is 0 Å². The molecule has 4 heterocycles. The van der Waals surface area contributed by atoms with Crippen molar-refractivity contribution in [2.45, 2.75) is 109 Å². The molecule has 2 aliphatic carbocycles. The van der Waals surface area contributed by atoms with Crippen molar-refractivity contribution < 1.29 is 53.4 Å². The van der Waals surface area contributed by atoms with Crippen LogP contribution in [0, 0.1) is 52.0 Å². The summed E-state index contributed by atoms with van der Waals surface area (Å²) in [5.41, 5.74) is 18.8. The fourth-order valence-electron chi connectivity index (χ4n) is 11.1. The summed E-state index contributed by atoms with van der Waals surface area (Å²) in [7, 11) is 4.38. The van der Waals surface area contributed by atoms with Crippen LogP contribution in [0.2, 0.25) is 0 Å². The minimum Gasteiger partial charge on any atom is -1.00 e. The predicted molar refractivity (Wildman–Crippen MR) is 356 cm³/mol. The normalized spacial score (nSPS) is 18.0. The average molecular weight is 1310 g/mol. The van der Waals surface area contributed by atoms with E-state index < -0.39 is 0 Å². The number of hydrogen-bond donors (Lipinski definition) is 0. The molecule has 4 aliphatic rings. The van der Waals surface area contributed by atoms with Gasteiger partial charge in [0.1, 0.15) is 16.4 Å². The Morgan fingerprint density at radius 3 is 1.94 bits per heavy atom. The van der Waals surface area contributed by atoms with Gasteiger partial charge >= 0.3 is 0 Å². The quantitative estimate of drug-likeness (QED) is 0.0354. The van der Waals surface area contributed by atoms with Crippen molar-refractivity contribution in [2.24, 2.45) is 12.5 Å². The third-order valence-electron chi connectivity index (χ3n) is 15.0. The molecular weight excluding hydrogens is 1230 g/mol. The zero-order valence-corrected chi connectivity index (χ0v) is 55.4. The SMILES string of the molecule is CC#C[n+]1c(C=C2C=C(C=C3Sc4cc(C)ccc4N3CC)CC(C)(C)C2)sc2cc(C)ccc21.Cc1ccc(SOO[O-])cc1.Cc1ccc2c(c1)SC(=CC1=CC(=Cc3sc4cc(C)ccc4[n+]3C)CC(c3ccccc3)C1)N2C.[HH].[HH].[HH].[HH].[I-]. The summed E-state index contributed by atoms with van der Waals surface area (Å²) in [5.74, 6) is 3.59. The molecule has 2 aliphatic heterocycles. The molecule has 434 valence electrons. The first-order valence-electron chi connectivity index (χ1n) is 27.9. The number of nitrogens with zero attached hydrogens (tertiary/aromatic N) is 4. The molecule has 2 aromatic heterocycles. The second kappa shape index (κ2) is 27.6. The van der Waals surface area contributed by atoms with E-state index in [2.05, 4.69) is 242 Å². The number of thioether (sulfide) groups is 2. The molecule has 0 fully saturated rings.